The molecule has 1 heterocycles. The molecule has 0 spiro atoms. The van der Waals surface area contributed by atoms with Crippen molar-refractivity contribution < 1.29 is 4.74 Å². The molecule has 4 nitrogen and oxygen atoms in total. The van der Waals surface area contributed by atoms with E-state index in [9.17, 15) is 4.79 Å². The highest BCUT2D eigenvalue weighted by molar-refractivity contribution is 9.10. The first-order valence-corrected chi connectivity index (χ1v) is 7.25. The first-order valence-electron chi connectivity index (χ1n) is 6.45. The lowest BCUT2D eigenvalue weighted by atomic mass is 10.2. The van der Waals surface area contributed by atoms with E-state index >= 15 is 0 Å². The molecule has 0 aliphatic heterocycles. The Morgan fingerprint density at radius 3 is 2.86 bits per heavy atom. The summed E-state index contributed by atoms with van der Waals surface area (Å²) in [6, 6.07) is 13.0. The summed E-state index contributed by atoms with van der Waals surface area (Å²) in [6.07, 6.45) is 1.58. The van der Waals surface area contributed by atoms with Crippen molar-refractivity contribution in [1.29, 1.82) is 0 Å². The minimum absolute atomic E-state index is 0.0460. The van der Waals surface area contributed by atoms with E-state index in [1.807, 2.05) is 36.4 Å². The van der Waals surface area contributed by atoms with E-state index in [0.29, 0.717) is 17.4 Å². The monoisotopic (exact) mass is 344 g/mol. The third-order valence-corrected chi connectivity index (χ3v) is 4.10. The van der Waals surface area contributed by atoms with Gasteiger partial charge in [-0.25, -0.2) is 4.98 Å². The zero-order valence-corrected chi connectivity index (χ0v) is 13.0. The SMILES string of the molecule is COc1ccc(Br)c(Cn2cnc3ccccc3c2=O)c1. The molecular formula is C16H13BrN2O2. The van der Waals surface area contributed by atoms with Crippen LogP contribution in [0.3, 0.4) is 0 Å². The van der Waals surface area contributed by atoms with E-state index in [-0.39, 0.29) is 5.56 Å². The van der Waals surface area contributed by atoms with E-state index in [2.05, 4.69) is 20.9 Å². The number of methoxy groups -OCH3 is 1. The van der Waals surface area contributed by atoms with Crippen molar-refractivity contribution in [3.8, 4) is 5.75 Å². The fourth-order valence-corrected chi connectivity index (χ4v) is 2.57. The molecule has 5 heteroatoms. The maximum atomic E-state index is 12.5. The van der Waals surface area contributed by atoms with Gasteiger partial charge in [-0.1, -0.05) is 28.1 Å². The highest BCUT2D eigenvalue weighted by Crippen LogP contribution is 2.23. The number of hydrogen-bond donors (Lipinski definition) is 0. The van der Waals surface area contributed by atoms with E-state index in [4.69, 9.17) is 4.74 Å². The molecule has 0 radical (unpaired) electrons. The third kappa shape index (κ3) is 2.69. The summed E-state index contributed by atoms with van der Waals surface area (Å²) in [7, 11) is 1.62. The van der Waals surface area contributed by atoms with Crippen molar-refractivity contribution in [2.24, 2.45) is 0 Å². The van der Waals surface area contributed by atoms with Gasteiger partial charge in [0.1, 0.15) is 5.75 Å². The molecule has 106 valence electrons. The molecule has 3 aromatic rings. The predicted octanol–water partition coefficient (Wildman–Crippen LogP) is 3.22. The Morgan fingerprint density at radius 2 is 2.05 bits per heavy atom. The molecule has 0 N–H and O–H groups in total. The second-order valence-electron chi connectivity index (χ2n) is 4.65. The average Bonchev–Trinajstić information content (AvgIpc) is 2.52. The van der Waals surface area contributed by atoms with Gasteiger partial charge in [0.15, 0.2) is 0 Å². The Kier molecular flexibility index (Phi) is 3.75. The molecular weight excluding hydrogens is 332 g/mol. The van der Waals surface area contributed by atoms with Gasteiger partial charge < -0.3 is 4.74 Å². The second kappa shape index (κ2) is 5.69. The van der Waals surface area contributed by atoms with Gasteiger partial charge in [-0.15, -0.1) is 0 Å². The number of para-hydroxylation sites is 1. The van der Waals surface area contributed by atoms with Crippen LogP contribution < -0.4 is 10.3 Å². The van der Waals surface area contributed by atoms with Crippen LogP contribution >= 0.6 is 15.9 Å². The highest BCUT2D eigenvalue weighted by atomic mass is 79.9. The summed E-state index contributed by atoms with van der Waals surface area (Å²) in [5.74, 6) is 0.759. The Labute approximate surface area is 130 Å². The van der Waals surface area contributed by atoms with Crippen LogP contribution in [0.5, 0.6) is 5.75 Å². The number of ether oxygens (including phenoxy) is 1. The normalized spacial score (nSPS) is 10.8. The van der Waals surface area contributed by atoms with Crippen LogP contribution in [-0.4, -0.2) is 16.7 Å². The predicted molar refractivity (Wildman–Crippen MR) is 85.8 cm³/mol. The quantitative estimate of drug-likeness (QED) is 0.732. The molecule has 0 aliphatic carbocycles. The molecule has 1 aromatic heterocycles. The molecule has 0 aliphatic rings. The maximum absolute atomic E-state index is 12.5. The molecule has 0 amide bonds. The Bertz CT molecular complexity index is 858. The molecule has 0 unspecified atom stereocenters. The zero-order chi connectivity index (χ0) is 14.8. The van der Waals surface area contributed by atoms with Crippen LogP contribution in [0.4, 0.5) is 0 Å². The van der Waals surface area contributed by atoms with Crippen LogP contribution in [0.2, 0.25) is 0 Å². The lowest BCUT2D eigenvalue weighted by Gasteiger charge is -2.10. The number of hydrogen-bond acceptors (Lipinski definition) is 3. The first kappa shape index (κ1) is 13.8. The summed E-state index contributed by atoms with van der Waals surface area (Å²) in [5, 5.41) is 0.624. The van der Waals surface area contributed by atoms with Gasteiger partial charge in [0.2, 0.25) is 0 Å². The van der Waals surface area contributed by atoms with Crippen LogP contribution in [0.1, 0.15) is 5.56 Å². The lowest BCUT2D eigenvalue weighted by Crippen LogP contribution is -2.21. The van der Waals surface area contributed by atoms with Crippen molar-refractivity contribution in [3.05, 3.63) is 69.2 Å². The summed E-state index contributed by atoms with van der Waals surface area (Å²) >= 11 is 3.50. The van der Waals surface area contributed by atoms with Crippen molar-refractivity contribution in [2.45, 2.75) is 6.54 Å². The summed E-state index contributed by atoms with van der Waals surface area (Å²) in [4.78, 5) is 16.8. The summed E-state index contributed by atoms with van der Waals surface area (Å²) in [6.45, 7) is 0.439. The van der Waals surface area contributed by atoms with Gasteiger partial charge in [-0.05, 0) is 35.9 Å². The average molecular weight is 345 g/mol. The molecule has 0 fully saturated rings. The van der Waals surface area contributed by atoms with E-state index < -0.39 is 0 Å². The fourth-order valence-electron chi connectivity index (χ4n) is 2.20. The smallest absolute Gasteiger partial charge is 0.261 e. The standard InChI is InChI=1S/C16H13BrN2O2/c1-21-12-6-7-14(17)11(8-12)9-19-10-18-15-5-3-2-4-13(15)16(19)20/h2-8,10H,9H2,1H3. The fraction of sp³-hybridized carbons (Fsp3) is 0.125. The number of halogens is 1. The van der Waals surface area contributed by atoms with Gasteiger partial charge in [0.05, 0.1) is 30.9 Å². The van der Waals surface area contributed by atoms with Gasteiger partial charge in [-0.3, -0.25) is 9.36 Å². The number of aromatic nitrogens is 2. The molecule has 0 atom stereocenters. The van der Waals surface area contributed by atoms with Gasteiger partial charge in [0.25, 0.3) is 5.56 Å². The van der Waals surface area contributed by atoms with Crippen molar-refractivity contribution in [2.75, 3.05) is 7.11 Å². The largest absolute Gasteiger partial charge is 0.497 e. The van der Waals surface area contributed by atoms with Crippen LogP contribution in [0.15, 0.2) is 58.1 Å². The number of benzene rings is 2. The van der Waals surface area contributed by atoms with Crippen molar-refractivity contribution in [3.63, 3.8) is 0 Å². The molecule has 0 saturated heterocycles. The molecule has 0 bridgehead atoms. The minimum atomic E-state index is -0.0460. The zero-order valence-electron chi connectivity index (χ0n) is 11.4. The van der Waals surface area contributed by atoms with Crippen LogP contribution in [-0.2, 0) is 6.54 Å². The summed E-state index contributed by atoms with van der Waals surface area (Å²) < 4.78 is 7.76. The van der Waals surface area contributed by atoms with Gasteiger partial charge >= 0.3 is 0 Å². The van der Waals surface area contributed by atoms with Crippen molar-refractivity contribution in [1.82, 2.24) is 9.55 Å². The highest BCUT2D eigenvalue weighted by Gasteiger charge is 2.07. The topological polar surface area (TPSA) is 44.1 Å². The maximum Gasteiger partial charge on any atom is 0.261 e. The van der Waals surface area contributed by atoms with Crippen LogP contribution in [0.25, 0.3) is 10.9 Å². The molecule has 21 heavy (non-hydrogen) atoms. The number of fused-ring (bicyclic) bond motifs is 1. The third-order valence-electron chi connectivity index (χ3n) is 3.33. The molecule has 0 saturated carbocycles. The van der Waals surface area contributed by atoms with Gasteiger partial charge in [0, 0.05) is 4.47 Å². The van der Waals surface area contributed by atoms with E-state index in [1.54, 1.807) is 24.1 Å². The Morgan fingerprint density at radius 1 is 1.24 bits per heavy atom. The van der Waals surface area contributed by atoms with Gasteiger partial charge in [-0.2, -0.15) is 0 Å². The number of nitrogens with zero attached hydrogens (tertiary/aromatic N) is 2. The second-order valence-corrected chi connectivity index (χ2v) is 5.51. The molecule has 3 rings (SSSR count). The first-order chi connectivity index (χ1) is 10.2. The summed E-state index contributed by atoms with van der Waals surface area (Å²) in [5.41, 5.74) is 1.63. The molecule has 2 aromatic carbocycles. The Balaban J connectivity index is 2.06. The van der Waals surface area contributed by atoms with Crippen LogP contribution in [0, 0.1) is 0 Å². The van der Waals surface area contributed by atoms with E-state index in [1.165, 1.54) is 0 Å². The Hall–Kier alpha value is -2.14. The lowest BCUT2D eigenvalue weighted by molar-refractivity contribution is 0.414. The van der Waals surface area contributed by atoms with Crippen molar-refractivity contribution >= 4 is 26.8 Å². The minimum Gasteiger partial charge on any atom is -0.497 e. The van der Waals surface area contributed by atoms with E-state index in [0.717, 1.165) is 15.8 Å². The number of rotatable bonds is 3.